The van der Waals surface area contributed by atoms with E-state index in [0.717, 1.165) is 55.3 Å². The van der Waals surface area contributed by atoms with E-state index in [1.807, 2.05) is 78.1 Å². The third-order valence-electron chi connectivity index (χ3n) is 11.1. The minimum absolute atomic E-state index is 0.562. The number of nitrogens with zero attached hydrogens (tertiary/aromatic N) is 4. The first-order chi connectivity index (χ1) is 28.2. The molecule has 57 heavy (non-hydrogen) atoms. The van der Waals surface area contributed by atoms with Crippen LogP contribution in [0.4, 0.5) is 0 Å². The fourth-order valence-electron chi connectivity index (χ4n) is 8.40. The fraction of sp³-hybridized carbons (Fsp3) is 0. The Morgan fingerprint density at radius 1 is 0.368 bits per heavy atom. The average molecular weight is 747 g/mol. The smallest absolute Gasteiger partial charge is 0.167 e. The van der Waals surface area contributed by atoms with Crippen LogP contribution in [0.5, 0.6) is 0 Å². The van der Waals surface area contributed by atoms with E-state index in [1.54, 1.807) is 0 Å². The van der Waals surface area contributed by atoms with Crippen molar-refractivity contribution in [3.8, 4) is 51.0 Å². The fourth-order valence-corrected chi connectivity index (χ4v) is 9.49. The summed E-state index contributed by atoms with van der Waals surface area (Å²) in [5.74, 6) is 1.79. The van der Waals surface area contributed by atoms with Gasteiger partial charge in [0.1, 0.15) is 5.58 Å². The number of furan rings is 1. The summed E-state index contributed by atoms with van der Waals surface area (Å²) in [6.07, 6.45) is 0. The second kappa shape index (κ2) is 12.6. The first-order valence-corrected chi connectivity index (χ1v) is 19.8. The van der Waals surface area contributed by atoms with Crippen LogP contribution in [0, 0.1) is 0 Å². The number of rotatable bonds is 5. The molecule has 8 aromatic carbocycles. The van der Waals surface area contributed by atoms with Gasteiger partial charge in [-0.3, -0.25) is 0 Å². The van der Waals surface area contributed by atoms with E-state index in [-0.39, 0.29) is 0 Å². The van der Waals surface area contributed by atoms with E-state index >= 15 is 0 Å². The van der Waals surface area contributed by atoms with Crippen LogP contribution in [-0.4, -0.2) is 19.5 Å². The van der Waals surface area contributed by atoms with E-state index in [4.69, 9.17) is 19.4 Å². The van der Waals surface area contributed by atoms with Crippen LogP contribution in [0.3, 0.4) is 0 Å². The summed E-state index contributed by atoms with van der Waals surface area (Å²) in [5, 5.41) is 7.03. The molecule has 0 atom stereocenters. The molecule has 0 fully saturated rings. The third-order valence-corrected chi connectivity index (χ3v) is 12.2. The quantitative estimate of drug-likeness (QED) is 0.176. The Morgan fingerprint density at radius 3 is 1.70 bits per heavy atom. The lowest BCUT2D eigenvalue weighted by molar-refractivity contribution is 0.667. The topological polar surface area (TPSA) is 56.7 Å². The first kappa shape index (κ1) is 31.9. The standard InChI is InChI=1S/C51H30N4OS/c1-3-13-31(14-4-1)49-52-50(32-15-5-2-6-16-32)54-51(53-49)39-21-11-19-37-38-20-12-23-44(48(38)56-47(37)39)55-42-22-9-7-17-35(42)40-29-33(25-27-43(40)55)34-26-28-46-41(30-34)36-18-8-10-24-45(36)57-46/h1-30H. The van der Waals surface area contributed by atoms with Gasteiger partial charge in [-0.15, -0.1) is 11.3 Å². The zero-order valence-electron chi connectivity index (χ0n) is 30.4. The Bertz CT molecular complexity index is 3470. The maximum absolute atomic E-state index is 7.02. The Hall–Kier alpha value is -7.41. The van der Waals surface area contributed by atoms with Crippen molar-refractivity contribution in [2.45, 2.75) is 0 Å². The van der Waals surface area contributed by atoms with Crippen molar-refractivity contribution in [3.05, 3.63) is 182 Å². The highest BCUT2D eigenvalue weighted by Gasteiger charge is 2.21. The molecule has 0 saturated carbocycles. The molecule has 0 aliphatic rings. The monoisotopic (exact) mass is 746 g/mol. The lowest BCUT2D eigenvalue weighted by atomic mass is 10.0. The van der Waals surface area contributed by atoms with Crippen molar-refractivity contribution in [3.63, 3.8) is 0 Å². The summed E-state index contributed by atoms with van der Waals surface area (Å²) in [5.41, 5.74) is 9.82. The van der Waals surface area contributed by atoms with Crippen molar-refractivity contribution in [2.24, 2.45) is 0 Å². The van der Waals surface area contributed by atoms with Crippen LogP contribution in [0.25, 0.3) is 115 Å². The van der Waals surface area contributed by atoms with Crippen molar-refractivity contribution in [1.29, 1.82) is 0 Å². The van der Waals surface area contributed by atoms with Crippen molar-refractivity contribution in [2.75, 3.05) is 0 Å². The van der Waals surface area contributed by atoms with E-state index in [2.05, 4.69) is 120 Å². The molecule has 0 saturated heterocycles. The molecule has 266 valence electrons. The van der Waals surface area contributed by atoms with Gasteiger partial charge in [-0.25, -0.2) is 15.0 Å². The molecule has 0 aliphatic carbocycles. The molecule has 0 radical (unpaired) electrons. The predicted molar refractivity (Wildman–Crippen MR) is 236 cm³/mol. The van der Waals surface area contributed by atoms with Crippen molar-refractivity contribution in [1.82, 2.24) is 19.5 Å². The number of hydrogen-bond acceptors (Lipinski definition) is 5. The van der Waals surface area contributed by atoms with Crippen LogP contribution in [0.15, 0.2) is 186 Å². The van der Waals surface area contributed by atoms with Crippen LogP contribution in [0.1, 0.15) is 0 Å². The van der Waals surface area contributed by atoms with Crippen LogP contribution < -0.4 is 0 Å². The van der Waals surface area contributed by atoms with E-state index < -0.39 is 0 Å². The van der Waals surface area contributed by atoms with Gasteiger partial charge in [0.25, 0.3) is 0 Å². The van der Waals surface area contributed by atoms with Crippen LogP contribution in [0.2, 0.25) is 0 Å². The molecule has 4 heterocycles. The number of hydrogen-bond donors (Lipinski definition) is 0. The Morgan fingerprint density at radius 2 is 0.930 bits per heavy atom. The molecular weight excluding hydrogens is 717 g/mol. The maximum Gasteiger partial charge on any atom is 0.167 e. The highest BCUT2D eigenvalue weighted by atomic mass is 32.1. The highest BCUT2D eigenvalue weighted by Crippen LogP contribution is 2.42. The van der Waals surface area contributed by atoms with Gasteiger partial charge in [0, 0.05) is 52.8 Å². The SMILES string of the molecule is c1ccc(-c2nc(-c3ccccc3)nc(-c3cccc4c3oc3c(-n5c6ccccc6c6cc(-c7ccc8sc9ccccc9c8c7)ccc65)cccc34)n2)cc1. The lowest BCUT2D eigenvalue weighted by Gasteiger charge is -2.09. The van der Waals surface area contributed by atoms with Crippen LogP contribution in [-0.2, 0) is 0 Å². The summed E-state index contributed by atoms with van der Waals surface area (Å²) < 4.78 is 12.0. The van der Waals surface area contributed by atoms with E-state index in [1.165, 1.54) is 42.1 Å². The summed E-state index contributed by atoms with van der Waals surface area (Å²) in [4.78, 5) is 15.0. The molecule has 4 aromatic heterocycles. The lowest BCUT2D eigenvalue weighted by Crippen LogP contribution is -2.00. The number of thiophene rings is 1. The van der Waals surface area contributed by atoms with E-state index in [0.29, 0.717) is 17.5 Å². The van der Waals surface area contributed by atoms with Gasteiger partial charge in [0.05, 0.1) is 22.3 Å². The average Bonchev–Trinajstić information content (AvgIpc) is 3.96. The van der Waals surface area contributed by atoms with Gasteiger partial charge in [-0.2, -0.15) is 0 Å². The minimum Gasteiger partial charge on any atom is -0.453 e. The van der Waals surface area contributed by atoms with Gasteiger partial charge in [0.15, 0.2) is 23.1 Å². The number of fused-ring (bicyclic) bond motifs is 9. The molecule has 0 unspecified atom stereocenters. The second-order valence-corrected chi connectivity index (χ2v) is 15.5. The number of para-hydroxylation sites is 3. The van der Waals surface area contributed by atoms with E-state index in [9.17, 15) is 0 Å². The second-order valence-electron chi connectivity index (χ2n) is 14.4. The minimum atomic E-state index is 0.562. The van der Waals surface area contributed by atoms with Gasteiger partial charge in [-0.1, -0.05) is 133 Å². The van der Waals surface area contributed by atoms with Crippen molar-refractivity contribution >= 4 is 75.3 Å². The zero-order chi connectivity index (χ0) is 37.5. The molecule has 0 aliphatic heterocycles. The molecular formula is C51H30N4OS. The number of aromatic nitrogens is 4. The molecule has 12 rings (SSSR count). The summed E-state index contributed by atoms with van der Waals surface area (Å²) >= 11 is 1.85. The summed E-state index contributed by atoms with van der Waals surface area (Å²) in [6.45, 7) is 0. The van der Waals surface area contributed by atoms with Gasteiger partial charge in [-0.05, 0) is 59.7 Å². The molecule has 0 spiro atoms. The van der Waals surface area contributed by atoms with Gasteiger partial charge >= 0.3 is 0 Å². The molecule has 0 amide bonds. The third kappa shape index (κ3) is 5.04. The zero-order valence-corrected chi connectivity index (χ0v) is 31.2. The molecule has 6 heteroatoms. The maximum atomic E-state index is 7.02. The molecule has 5 nitrogen and oxygen atoms in total. The highest BCUT2D eigenvalue weighted by molar-refractivity contribution is 7.25. The van der Waals surface area contributed by atoms with Crippen molar-refractivity contribution < 1.29 is 4.42 Å². The Balaban J connectivity index is 1.05. The molecule has 12 aromatic rings. The van der Waals surface area contributed by atoms with Crippen LogP contribution >= 0.6 is 11.3 Å². The Labute approximate surface area is 330 Å². The molecule has 0 N–H and O–H groups in total. The predicted octanol–water partition coefficient (Wildman–Crippen LogP) is 13.9. The van der Waals surface area contributed by atoms with Gasteiger partial charge < -0.3 is 8.98 Å². The number of benzene rings is 8. The summed E-state index contributed by atoms with van der Waals surface area (Å²) in [6, 6.07) is 63.8. The Kier molecular flexibility index (Phi) is 7.03. The first-order valence-electron chi connectivity index (χ1n) is 19.0. The normalized spacial score (nSPS) is 11.9. The van der Waals surface area contributed by atoms with Gasteiger partial charge in [0.2, 0.25) is 0 Å². The molecule has 0 bridgehead atoms. The largest absolute Gasteiger partial charge is 0.453 e. The summed E-state index contributed by atoms with van der Waals surface area (Å²) in [7, 11) is 0.